The topological polar surface area (TPSA) is 201 Å². The number of primary amides is 1. The minimum absolute atomic E-state index is 0.0374. The lowest BCUT2D eigenvalue weighted by Crippen LogP contribution is -2.62. The quantitative estimate of drug-likeness (QED) is 0.222. The minimum Gasteiger partial charge on any atom is -0.363 e. The van der Waals surface area contributed by atoms with Gasteiger partial charge >= 0.3 is 6.03 Å². The second-order valence-corrected chi connectivity index (χ2v) is 19.0. The summed E-state index contributed by atoms with van der Waals surface area (Å²) in [4.78, 5) is 72.1. The van der Waals surface area contributed by atoms with Gasteiger partial charge in [0.25, 0.3) is 15.9 Å². The zero-order valence-corrected chi connectivity index (χ0v) is 31.6. The Hall–Kier alpha value is -3.59. The van der Waals surface area contributed by atoms with Crippen molar-refractivity contribution in [1.29, 1.82) is 0 Å². The van der Waals surface area contributed by atoms with Gasteiger partial charge in [-0.25, -0.2) is 18.2 Å². The molecule has 50 heavy (non-hydrogen) atoms. The van der Waals surface area contributed by atoms with Crippen LogP contribution in [0.2, 0.25) is 0 Å². The third-order valence-electron chi connectivity index (χ3n) is 10.9. The van der Waals surface area contributed by atoms with Gasteiger partial charge in [-0.2, -0.15) is 4.31 Å². The third kappa shape index (κ3) is 8.30. The molecule has 14 nitrogen and oxygen atoms in total. The molecule has 1 aromatic heterocycles. The zero-order valence-electron chi connectivity index (χ0n) is 30.8. The van der Waals surface area contributed by atoms with Crippen LogP contribution in [-0.2, 0) is 29.2 Å². The first-order chi connectivity index (χ1) is 23.0. The number of piperidine rings is 1. The van der Waals surface area contributed by atoms with E-state index in [1.165, 1.54) is 24.2 Å². The van der Waals surface area contributed by atoms with E-state index in [-0.39, 0.29) is 34.7 Å². The molecule has 0 spiro atoms. The summed E-state index contributed by atoms with van der Waals surface area (Å²) in [5.74, 6) is -2.87. The standard InChI is InChI=1S/C35H55N7O7S/c1-33(2,3)23(19-41(9)50(48,49)24-15-10-11-16-37-24)39-32(47)40-28(34(4,5)6)31(46)42-18-21-25(35(21,7)8)26(42)30(45)38-22(27(43)29(36)44)17-20-13-12-14-20/h10-11,15-16,20-23,25-26,28H,12-14,17-19H2,1-9H3,(H2,36,44)(H,38,45)(H2,39,40,47)/t21-,22?,23+,25-,26-,28+/m0/s1. The number of pyridine rings is 1. The summed E-state index contributed by atoms with van der Waals surface area (Å²) < 4.78 is 27.6. The lowest BCUT2D eigenvalue weighted by Gasteiger charge is -2.39. The molecule has 1 saturated heterocycles. The maximum atomic E-state index is 14.4. The number of rotatable bonds is 13. The van der Waals surface area contributed by atoms with E-state index in [4.69, 9.17) is 5.73 Å². The number of hydrogen-bond donors (Lipinski definition) is 4. The number of fused-ring (bicyclic) bond motifs is 1. The fourth-order valence-electron chi connectivity index (χ4n) is 7.23. The first-order valence-corrected chi connectivity index (χ1v) is 18.8. The predicted octanol–water partition coefficient (Wildman–Crippen LogP) is 2.04. The van der Waals surface area contributed by atoms with E-state index in [1.54, 1.807) is 32.9 Å². The first kappa shape index (κ1) is 39.2. The van der Waals surface area contributed by atoms with E-state index in [2.05, 4.69) is 20.9 Å². The number of amides is 5. The van der Waals surface area contributed by atoms with Crippen molar-refractivity contribution in [3.63, 3.8) is 0 Å². The number of urea groups is 1. The number of likely N-dealkylation sites (tertiary alicyclic amines) is 1. The predicted molar refractivity (Wildman–Crippen MR) is 187 cm³/mol. The SMILES string of the molecule is CN(C[C@@H](NC(=O)N[C@H](C(=O)N1C[C@H]2[C@@H]([C@H]1C(=O)NC(CC1CCC1)C(=O)C(N)=O)C2(C)C)C(C)(C)C)C(C)(C)C)S(=O)(=O)c1ccccn1. The highest BCUT2D eigenvalue weighted by Crippen LogP contribution is 2.65. The molecule has 2 heterocycles. The van der Waals surface area contributed by atoms with Gasteiger partial charge in [-0.3, -0.25) is 19.2 Å². The second kappa shape index (κ2) is 14.2. The number of aromatic nitrogens is 1. The van der Waals surface area contributed by atoms with Crippen molar-refractivity contribution in [3.05, 3.63) is 24.4 Å². The van der Waals surface area contributed by atoms with Crippen LogP contribution in [0.3, 0.4) is 0 Å². The van der Waals surface area contributed by atoms with Crippen LogP contribution >= 0.6 is 0 Å². The Morgan fingerprint density at radius 2 is 1.66 bits per heavy atom. The maximum Gasteiger partial charge on any atom is 0.315 e. The van der Waals surface area contributed by atoms with Gasteiger partial charge in [0.15, 0.2) is 5.03 Å². The number of sulfonamides is 1. The fraction of sp³-hybridized carbons (Fsp3) is 0.714. The number of nitrogens with zero attached hydrogens (tertiary/aromatic N) is 3. The monoisotopic (exact) mass is 717 g/mol. The normalized spacial score (nSPS) is 23.6. The molecule has 3 fully saturated rings. The minimum atomic E-state index is -3.95. The Labute approximate surface area is 296 Å². The van der Waals surface area contributed by atoms with Crippen LogP contribution in [0.4, 0.5) is 4.79 Å². The molecule has 0 radical (unpaired) electrons. The highest BCUT2D eigenvalue weighted by molar-refractivity contribution is 7.89. The van der Waals surface area contributed by atoms with E-state index in [0.717, 1.165) is 23.6 Å². The lowest BCUT2D eigenvalue weighted by atomic mass is 9.80. The largest absolute Gasteiger partial charge is 0.363 e. The highest BCUT2D eigenvalue weighted by Gasteiger charge is 2.70. The van der Waals surface area contributed by atoms with E-state index in [0.29, 0.717) is 13.0 Å². The number of ketones is 1. The van der Waals surface area contributed by atoms with Crippen molar-refractivity contribution >= 4 is 39.6 Å². The maximum absolute atomic E-state index is 14.4. The molecule has 5 amide bonds. The van der Waals surface area contributed by atoms with E-state index < -0.39 is 74.6 Å². The first-order valence-electron chi connectivity index (χ1n) is 17.4. The molecule has 1 aliphatic heterocycles. The molecule has 2 aliphatic carbocycles. The van der Waals surface area contributed by atoms with E-state index in [9.17, 15) is 32.4 Å². The molecule has 6 atom stereocenters. The highest BCUT2D eigenvalue weighted by atomic mass is 32.2. The van der Waals surface area contributed by atoms with Crippen LogP contribution in [0.1, 0.15) is 81.1 Å². The Balaban J connectivity index is 1.52. The number of carbonyl (C=O) groups is 5. The van der Waals surface area contributed by atoms with E-state index >= 15 is 0 Å². The molecule has 278 valence electrons. The molecular formula is C35H55N7O7S. The van der Waals surface area contributed by atoms with Gasteiger partial charge in [-0.1, -0.05) is 80.7 Å². The number of nitrogens with one attached hydrogen (secondary N) is 3. The van der Waals surface area contributed by atoms with Crippen molar-refractivity contribution in [2.45, 2.75) is 110 Å². The van der Waals surface area contributed by atoms with Crippen molar-refractivity contribution in [2.24, 2.45) is 39.7 Å². The van der Waals surface area contributed by atoms with Crippen molar-refractivity contribution in [3.8, 4) is 0 Å². The average Bonchev–Trinajstić information content (AvgIpc) is 3.30. The average molecular weight is 718 g/mol. The number of nitrogens with two attached hydrogens (primary N) is 1. The van der Waals surface area contributed by atoms with Crippen LogP contribution in [0.25, 0.3) is 0 Å². The van der Waals surface area contributed by atoms with Crippen LogP contribution in [-0.4, -0.2) is 96.4 Å². The van der Waals surface area contributed by atoms with Gasteiger partial charge in [0.2, 0.25) is 17.6 Å². The Morgan fingerprint density at radius 3 is 2.16 bits per heavy atom. The summed E-state index contributed by atoms with van der Waals surface area (Å²) >= 11 is 0. The Bertz CT molecular complexity index is 1580. The zero-order chi connectivity index (χ0) is 37.6. The summed E-state index contributed by atoms with van der Waals surface area (Å²) in [6.45, 7) is 15.3. The molecule has 4 rings (SSSR count). The summed E-state index contributed by atoms with van der Waals surface area (Å²) in [6.07, 6.45) is 4.52. The number of hydrogen-bond acceptors (Lipinski definition) is 8. The van der Waals surface area contributed by atoms with Crippen molar-refractivity contribution < 1.29 is 32.4 Å². The van der Waals surface area contributed by atoms with Crippen molar-refractivity contribution in [1.82, 2.24) is 30.1 Å². The summed E-state index contributed by atoms with van der Waals surface area (Å²) in [7, 11) is -2.53. The molecular weight excluding hydrogens is 662 g/mol. The van der Waals surface area contributed by atoms with E-state index in [1.807, 2.05) is 34.6 Å². The Kier molecular flexibility index (Phi) is 11.1. The Morgan fingerprint density at radius 1 is 1.02 bits per heavy atom. The fourth-order valence-corrected chi connectivity index (χ4v) is 8.34. The van der Waals surface area contributed by atoms with Gasteiger partial charge in [0.05, 0.1) is 6.04 Å². The lowest BCUT2D eigenvalue weighted by molar-refractivity contribution is -0.145. The number of likely N-dealkylation sites (N-methyl/N-ethyl adjacent to an activating group) is 1. The molecule has 2 saturated carbocycles. The van der Waals surface area contributed by atoms with Crippen LogP contribution in [0.15, 0.2) is 29.4 Å². The van der Waals surface area contributed by atoms with Gasteiger partial charge in [-0.15, -0.1) is 0 Å². The van der Waals surface area contributed by atoms with Gasteiger partial charge < -0.3 is 26.6 Å². The molecule has 1 aromatic rings. The van der Waals surface area contributed by atoms with Crippen LogP contribution < -0.4 is 21.7 Å². The number of carbonyl (C=O) groups excluding carboxylic acids is 5. The smallest absolute Gasteiger partial charge is 0.315 e. The molecule has 5 N–H and O–H groups in total. The summed E-state index contributed by atoms with van der Waals surface area (Å²) in [5.41, 5.74) is 3.74. The number of Topliss-reactive ketones (excluding diaryl/α,β-unsaturated/α-hetero) is 1. The second-order valence-electron chi connectivity index (χ2n) is 17.0. The van der Waals surface area contributed by atoms with Crippen LogP contribution in [0.5, 0.6) is 0 Å². The van der Waals surface area contributed by atoms with Crippen molar-refractivity contribution in [2.75, 3.05) is 20.1 Å². The molecule has 0 aromatic carbocycles. The summed E-state index contributed by atoms with van der Waals surface area (Å²) in [6, 6.07) is 0.224. The van der Waals surface area contributed by atoms with Gasteiger partial charge in [0, 0.05) is 32.4 Å². The molecule has 0 bridgehead atoms. The molecule has 1 unspecified atom stereocenters. The van der Waals surface area contributed by atoms with Crippen LogP contribution in [0, 0.1) is 34.0 Å². The van der Waals surface area contributed by atoms with Gasteiger partial charge in [0.1, 0.15) is 12.1 Å². The molecule has 3 aliphatic rings. The summed E-state index contributed by atoms with van der Waals surface area (Å²) in [5, 5.41) is 8.40. The third-order valence-corrected chi connectivity index (χ3v) is 12.7. The van der Waals surface area contributed by atoms with Gasteiger partial charge in [-0.05, 0) is 52.6 Å². The molecule has 15 heteroatoms.